The molecule has 1 saturated heterocycles. The van der Waals surface area contributed by atoms with Gasteiger partial charge in [0.2, 0.25) is 0 Å². The number of aromatic nitrogens is 3. The predicted molar refractivity (Wildman–Crippen MR) is 132 cm³/mol. The maximum Gasteiger partial charge on any atom is 0.254 e. The quantitative estimate of drug-likeness (QED) is 0.464. The number of imidazole rings is 1. The second-order valence-corrected chi connectivity index (χ2v) is 10.4. The minimum absolute atomic E-state index is 0.0611. The van der Waals surface area contributed by atoms with Gasteiger partial charge in [-0.15, -0.1) is 11.3 Å². The first-order valence-electron chi connectivity index (χ1n) is 11.7. The molecule has 1 saturated carbocycles. The van der Waals surface area contributed by atoms with Gasteiger partial charge >= 0.3 is 0 Å². The highest BCUT2D eigenvalue weighted by atomic mass is 32.1. The van der Waals surface area contributed by atoms with Crippen LogP contribution in [0.1, 0.15) is 29.6 Å². The van der Waals surface area contributed by atoms with E-state index in [0.717, 1.165) is 29.5 Å². The molecule has 0 spiro atoms. The molecule has 1 aliphatic heterocycles. The number of hydrogen-bond acceptors (Lipinski definition) is 5. The van der Waals surface area contributed by atoms with Crippen molar-refractivity contribution in [3.05, 3.63) is 34.5 Å². The summed E-state index contributed by atoms with van der Waals surface area (Å²) in [6.07, 6.45) is 1.72. The topological polar surface area (TPSA) is 78.3 Å². The number of nitrogens with zero attached hydrogens (tertiary/aromatic N) is 4. The fraction of sp³-hybridized carbons (Fsp3) is 0.440. The van der Waals surface area contributed by atoms with Crippen molar-refractivity contribution in [3.63, 3.8) is 0 Å². The molecule has 1 aliphatic carbocycles. The van der Waals surface area contributed by atoms with Crippen LogP contribution in [0.5, 0.6) is 5.75 Å². The fourth-order valence-electron chi connectivity index (χ4n) is 5.16. The van der Waals surface area contributed by atoms with E-state index in [4.69, 9.17) is 15.5 Å². The Hall–Kier alpha value is -2.91. The summed E-state index contributed by atoms with van der Waals surface area (Å²) >= 11 is 1.71. The number of fused-ring (bicyclic) bond motifs is 2. The largest absolute Gasteiger partial charge is 0.494 e. The lowest BCUT2D eigenvalue weighted by molar-refractivity contribution is 0.0606. The molecule has 7 nitrogen and oxygen atoms in total. The first-order chi connectivity index (χ1) is 16.4. The third kappa shape index (κ3) is 3.58. The van der Waals surface area contributed by atoms with Gasteiger partial charge in [0.25, 0.3) is 5.91 Å². The summed E-state index contributed by atoms with van der Waals surface area (Å²) in [5, 5.41) is 5.59. The van der Waals surface area contributed by atoms with E-state index < -0.39 is 6.17 Å². The summed E-state index contributed by atoms with van der Waals surface area (Å²) in [6, 6.07) is 5.36. The van der Waals surface area contributed by atoms with E-state index in [9.17, 15) is 9.18 Å². The van der Waals surface area contributed by atoms with Crippen LogP contribution in [-0.2, 0) is 13.6 Å². The zero-order valence-electron chi connectivity index (χ0n) is 19.3. The molecule has 178 valence electrons. The van der Waals surface area contributed by atoms with Crippen LogP contribution >= 0.6 is 11.3 Å². The first-order valence-corrected chi connectivity index (χ1v) is 12.7. The van der Waals surface area contributed by atoms with E-state index in [1.807, 2.05) is 11.6 Å². The summed E-state index contributed by atoms with van der Waals surface area (Å²) < 4.78 is 24.2. The normalized spacial score (nSPS) is 21.0. The Labute approximate surface area is 200 Å². The van der Waals surface area contributed by atoms with Crippen LogP contribution in [0, 0.1) is 5.92 Å². The average molecular weight is 482 g/mol. The van der Waals surface area contributed by atoms with Crippen molar-refractivity contribution in [2.75, 3.05) is 20.2 Å². The SMILES string of the molecule is COc1cc(C(=O)N2C[C@H](N)C[C@@H](F)C2)cc2nc(-c3cc4cscc4n3CC3CC3)n(C)c12. The number of alkyl halides is 1. The number of carbonyl (C=O) groups is 1. The second-order valence-electron chi connectivity index (χ2n) is 9.64. The van der Waals surface area contributed by atoms with E-state index >= 15 is 0 Å². The maximum atomic E-state index is 14.1. The third-order valence-electron chi connectivity index (χ3n) is 7.03. The average Bonchev–Trinajstić information content (AvgIpc) is 3.26. The summed E-state index contributed by atoms with van der Waals surface area (Å²) in [5.74, 6) is 1.88. The number of amides is 1. The Balaban J connectivity index is 1.45. The van der Waals surface area contributed by atoms with Crippen molar-refractivity contribution in [1.82, 2.24) is 19.0 Å². The molecular formula is C25H28FN5O2S. The van der Waals surface area contributed by atoms with E-state index in [-0.39, 0.29) is 24.9 Å². The minimum atomic E-state index is -1.10. The fourth-order valence-corrected chi connectivity index (χ4v) is 5.96. The van der Waals surface area contributed by atoms with E-state index in [1.165, 1.54) is 28.6 Å². The van der Waals surface area contributed by atoms with Crippen molar-refractivity contribution in [2.24, 2.45) is 18.7 Å². The maximum absolute atomic E-state index is 14.1. The number of aryl methyl sites for hydroxylation is 1. The Kier molecular flexibility index (Phi) is 5.14. The molecule has 0 radical (unpaired) electrons. The number of rotatable bonds is 5. The van der Waals surface area contributed by atoms with E-state index in [2.05, 4.69) is 21.4 Å². The summed E-state index contributed by atoms with van der Waals surface area (Å²) in [6.45, 7) is 1.39. The van der Waals surface area contributed by atoms with Gasteiger partial charge in [0.15, 0.2) is 5.82 Å². The number of thiophene rings is 1. The zero-order valence-corrected chi connectivity index (χ0v) is 20.1. The highest BCUT2D eigenvalue weighted by Gasteiger charge is 2.30. The van der Waals surface area contributed by atoms with Gasteiger partial charge in [0, 0.05) is 47.9 Å². The lowest BCUT2D eigenvalue weighted by Gasteiger charge is -2.33. The Bertz CT molecular complexity index is 1390. The van der Waals surface area contributed by atoms with Crippen LogP contribution in [0.3, 0.4) is 0 Å². The number of nitrogens with two attached hydrogens (primary N) is 1. The van der Waals surface area contributed by atoms with E-state index in [0.29, 0.717) is 23.4 Å². The van der Waals surface area contributed by atoms with Crippen LogP contribution in [0.4, 0.5) is 4.39 Å². The van der Waals surface area contributed by atoms with Crippen LogP contribution in [0.25, 0.3) is 33.5 Å². The molecule has 2 aliphatic rings. The van der Waals surface area contributed by atoms with Gasteiger partial charge < -0.3 is 24.5 Å². The van der Waals surface area contributed by atoms with Crippen molar-refractivity contribution >= 4 is 39.2 Å². The molecule has 4 heterocycles. The highest BCUT2D eigenvalue weighted by molar-refractivity contribution is 7.09. The molecule has 3 aromatic heterocycles. The standard InChI is InChI=1S/C25H28FN5O2S/c1-29-23-19(5-15(7-22(23)33-2)25(32)30-10-17(26)8-18(27)11-30)28-24(29)20-6-16-12-34-13-21(16)31(20)9-14-3-4-14/h5-7,12-14,17-18H,3-4,8-11,27H2,1-2H3/t17-,18-/m1/s1. The molecule has 1 amide bonds. The molecule has 2 atom stereocenters. The monoisotopic (exact) mass is 481 g/mol. The molecule has 2 fully saturated rings. The van der Waals surface area contributed by atoms with Crippen molar-refractivity contribution < 1.29 is 13.9 Å². The second kappa shape index (κ2) is 8.09. The number of methoxy groups -OCH3 is 1. The molecule has 1 aromatic carbocycles. The van der Waals surface area contributed by atoms with Gasteiger partial charge in [-0.3, -0.25) is 4.79 Å². The van der Waals surface area contributed by atoms with Gasteiger partial charge in [-0.05, 0) is 43.4 Å². The molecule has 9 heteroatoms. The lowest BCUT2D eigenvalue weighted by Crippen LogP contribution is -2.50. The van der Waals surface area contributed by atoms with Crippen molar-refractivity contribution in [3.8, 4) is 17.3 Å². The molecule has 4 aromatic rings. The van der Waals surface area contributed by atoms with Crippen LogP contribution in [0.2, 0.25) is 0 Å². The number of benzene rings is 1. The third-order valence-corrected chi connectivity index (χ3v) is 7.78. The number of carbonyl (C=O) groups excluding carboxylic acids is 1. The number of hydrogen-bond donors (Lipinski definition) is 1. The van der Waals surface area contributed by atoms with Crippen molar-refractivity contribution in [1.29, 1.82) is 0 Å². The van der Waals surface area contributed by atoms with Crippen LogP contribution < -0.4 is 10.5 Å². The number of likely N-dealkylation sites (tertiary alicyclic amines) is 1. The Morgan fingerprint density at radius 3 is 2.82 bits per heavy atom. The number of halogens is 1. The van der Waals surface area contributed by atoms with Crippen molar-refractivity contribution in [2.45, 2.75) is 38.0 Å². The zero-order chi connectivity index (χ0) is 23.6. The van der Waals surface area contributed by atoms with Gasteiger partial charge in [-0.1, -0.05) is 0 Å². The summed E-state index contributed by atoms with van der Waals surface area (Å²) in [4.78, 5) is 19.7. The predicted octanol–water partition coefficient (Wildman–Crippen LogP) is 4.19. The molecule has 2 N–H and O–H groups in total. The highest BCUT2D eigenvalue weighted by Crippen LogP contribution is 2.38. The smallest absolute Gasteiger partial charge is 0.254 e. The first kappa shape index (κ1) is 21.6. The van der Waals surface area contributed by atoms with Gasteiger partial charge in [-0.2, -0.15) is 0 Å². The Morgan fingerprint density at radius 1 is 1.26 bits per heavy atom. The van der Waals surface area contributed by atoms with Gasteiger partial charge in [-0.25, -0.2) is 9.37 Å². The minimum Gasteiger partial charge on any atom is -0.494 e. The number of piperidine rings is 1. The Morgan fingerprint density at radius 2 is 2.09 bits per heavy atom. The van der Waals surface area contributed by atoms with Crippen LogP contribution in [0.15, 0.2) is 29.0 Å². The lowest BCUT2D eigenvalue weighted by atomic mass is 10.0. The van der Waals surface area contributed by atoms with E-state index in [1.54, 1.807) is 30.6 Å². The molecular weight excluding hydrogens is 453 g/mol. The molecule has 0 bridgehead atoms. The van der Waals surface area contributed by atoms with Gasteiger partial charge in [0.1, 0.15) is 17.4 Å². The molecule has 6 rings (SSSR count). The molecule has 0 unspecified atom stereocenters. The summed E-state index contributed by atoms with van der Waals surface area (Å²) in [7, 11) is 3.57. The summed E-state index contributed by atoms with van der Waals surface area (Å²) in [5.41, 5.74) is 10.2. The van der Waals surface area contributed by atoms with Crippen LogP contribution in [-0.4, -0.2) is 57.3 Å². The number of ether oxygens (including phenoxy) is 1. The molecule has 34 heavy (non-hydrogen) atoms. The van der Waals surface area contributed by atoms with Gasteiger partial charge in [0.05, 0.1) is 30.4 Å².